The van der Waals surface area contributed by atoms with Crippen LogP contribution in [0.3, 0.4) is 0 Å². The minimum absolute atomic E-state index is 0. The maximum absolute atomic E-state index is 2.40. The Bertz CT molecular complexity index is 2050. The molecule has 0 aliphatic heterocycles. The average molecular weight is 570 g/mol. The van der Waals surface area contributed by atoms with Gasteiger partial charge in [0.15, 0.2) is 0 Å². The van der Waals surface area contributed by atoms with E-state index in [0.717, 1.165) is 6.42 Å². The predicted octanol–water partition coefficient (Wildman–Crippen LogP) is 12.1. The van der Waals surface area contributed by atoms with E-state index in [9.17, 15) is 0 Å². The molecule has 1 aliphatic carbocycles. The van der Waals surface area contributed by atoms with Crippen molar-refractivity contribution in [1.82, 2.24) is 4.57 Å². The van der Waals surface area contributed by atoms with Crippen molar-refractivity contribution < 1.29 is 0 Å². The number of hydrogen-bond acceptors (Lipinski definition) is 0. The highest BCUT2D eigenvalue weighted by Gasteiger charge is 2.16. The topological polar surface area (TPSA) is 4.93 Å². The summed E-state index contributed by atoms with van der Waals surface area (Å²) in [6, 6.07) is 50.0. The molecule has 1 atom stereocenters. The Morgan fingerprint density at radius 3 is 1.70 bits per heavy atom. The Hall–Kier alpha value is -5.14. The molecule has 0 spiro atoms. The molecule has 1 aromatic heterocycles. The molecule has 8 rings (SSSR count). The number of rotatable bonds is 3. The number of benzene rings is 6. The molecule has 0 saturated carbocycles. The fourth-order valence-electron chi connectivity index (χ4n) is 6.25. The third-order valence-electron chi connectivity index (χ3n) is 8.58. The maximum atomic E-state index is 2.40. The van der Waals surface area contributed by atoms with E-state index in [0.29, 0.717) is 5.92 Å². The smallest absolute Gasteiger partial charge is 0.0540 e. The lowest BCUT2D eigenvalue weighted by Gasteiger charge is -2.18. The normalized spacial score (nSPS) is 14.1. The zero-order valence-electron chi connectivity index (χ0n) is 24.7. The Morgan fingerprint density at radius 2 is 1.09 bits per heavy atom. The van der Waals surface area contributed by atoms with Crippen molar-refractivity contribution in [3.63, 3.8) is 0 Å². The van der Waals surface area contributed by atoms with Crippen molar-refractivity contribution >= 4 is 38.3 Å². The molecular weight excluding hydrogens is 530 g/mol. The molecule has 6 aromatic carbocycles. The average Bonchev–Trinajstić information content (AvgIpc) is 3.40. The zero-order valence-corrected chi connectivity index (χ0v) is 24.7. The van der Waals surface area contributed by atoms with E-state index < -0.39 is 0 Å². The number of hydrogen-bond donors (Lipinski definition) is 0. The summed E-state index contributed by atoms with van der Waals surface area (Å²) >= 11 is 0. The lowest BCUT2D eigenvalue weighted by atomic mass is 9.91. The van der Waals surface area contributed by atoms with Gasteiger partial charge < -0.3 is 4.57 Å². The van der Waals surface area contributed by atoms with Gasteiger partial charge in [0, 0.05) is 22.4 Å². The molecule has 7 aromatic rings. The molecule has 0 amide bonds. The molecule has 0 N–H and O–H groups in total. The van der Waals surface area contributed by atoms with Crippen LogP contribution in [0.25, 0.3) is 49.4 Å². The highest BCUT2D eigenvalue weighted by atomic mass is 15.0. The molecular formula is C43H39N. The molecule has 1 heteroatoms. The van der Waals surface area contributed by atoms with Crippen LogP contribution in [0.1, 0.15) is 36.5 Å². The summed E-state index contributed by atoms with van der Waals surface area (Å²) in [4.78, 5) is 0. The summed E-state index contributed by atoms with van der Waals surface area (Å²) in [5, 5.41) is 5.25. The first kappa shape index (κ1) is 29.0. The Morgan fingerprint density at radius 1 is 0.545 bits per heavy atom. The summed E-state index contributed by atoms with van der Waals surface area (Å²) in [6.07, 6.45) is 8.05. The third-order valence-corrected chi connectivity index (χ3v) is 8.58. The molecule has 0 fully saturated rings. The number of para-hydroxylation sites is 2. The number of nitrogens with zero attached hydrogens (tertiary/aromatic N) is 1. The van der Waals surface area contributed by atoms with Crippen molar-refractivity contribution in [3.8, 4) is 11.1 Å². The van der Waals surface area contributed by atoms with E-state index in [1.54, 1.807) is 0 Å². The molecule has 216 valence electrons. The Kier molecular flexibility index (Phi) is 8.30. The fraction of sp³-hybridized carbons (Fsp3) is 0.116. The van der Waals surface area contributed by atoms with Gasteiger partial charge in [-0.2, -0.15) is 0 Å². The van der Waals surface area contributed by atoms with Crippen LogP contribution in [0.5, 0.6) is 0 Å². The minimum atomic E-state index is 0. The summed E-state index contributed by atoms with van der Waals surface area (Å²) < 4.78 is 2.40. The standard InChI is InChI=1S/C25H21N.C17H14.CH4/c1-18-10-12-19(13-11-18)20-14-16-21(17-15-20)26-24-8-4-2-6-22(24)23-7-3-5-9-25(23)26;1-13-9-11-15(12-10-13)17-8-4-6-14-5-2-3-7-16(14)17;/h2-14,16-17,20H,15H2,1H3;2-12H,1H3;1H4. The van der Waals surface area contributed by atoms with E-state index in [1.807, 2.05) is 0 Å². The highest BCUT2D eigenvalue weighted by molar-refractivity contribution is 6.10. The number of fused-ring (bicyclic) bond motifs is 4. The molecule has 1 nitrogen and oxygen atoms in total. The van der Waals surface area contributed by atoms with Crippen LogP contribution >= 0.6 is 0 Å². The second kappa shape index (κ2) is 12.6. The van der Waals surface area contributed by atoms with Gasteiger partial charge in [0.1, 0.15) is 0 Å². The minimum Gasteiger partial charge on any atom is -0.310 e. The van der Waals surface area contributed by atoms with Crippen LogP contribution in [-0.2, 0) is 0 Å². The molecule has 0 bridgehead atoms. The highest BCUT2D eigenvalue weighted by Crippen LogP contribution is 2.35. The molecule has 1 heterocycles. The fourth-order valence-corrected chi connectivity index (χ4v) is 6.25. The van der Waals surface area contributed by atoms with Crippen molar-refractivity contribution in [3.05, 3.63) is 174 Å². The molecule has 1 unspecified atom stereocenters. The summed E-state index contributed by atoms with van der Waals surface area (Å²) in [7, 11) is 0. The van der Waals surface area contributed by atoms with Crippen molar-refractivity contribution in [2.45, 2.75) is 33.6 Å². The van der Waals surface area contributed by atoms with Crippen LogP contribution in [-0.4, -0.2) is 4.57 Å². The van der Waals surface area contributed by atoms with Gasteiger partial charge >= 0.3 is 0 Å². The van der Waals surface area contributed by atoms with Crippen LogP contribution in [0.2, 0.25) is 0 Å². The largest absolute Gasteiger partial charge is 0.310 e. The van der Waals surface area contributed by atoms with Crippen LogP contribution < -0.4 is 0 Å². The molecule has 0 radical (unpaired) electrons. The summed E-state index contributed by atoms with van der Waals surface area (Å²) in [5.74, 6) is 0.465. The second-order valence-corrected chi connectivity index (χ2v) is 11.5. The second-order valence-electron chi connectivity index (χ2n) is 11.5. The van der Waals surface area contributed by atoms with E-state index in [4.69, 9.17) is 0 Å². The lowest BCUT2D eigenvalue weighted by molar-refractivity contribution is 0.849. The van der Waals surface area contributed by atoms with Gasteiger partial charge in [-0.15, -0.1) is 0 Å². The zero-order chi connectivity index (χ0) is 29.2. The van der Waals surface area contributed by atoms with E-state index in [1.165, 1.54) is 66.1 Å². The Balaban J connectivity index is 0.000000166. The van der Waals surface area contributed by atoms with Gasteiger partial charge in [0.25, 0.3) is 0 Å². The monoisotopic (exact) mass is 569 g/mol. The number of aryl methyl sites for hydroxylation is 2. The lowest BCUT2D eigenvalue weighted by Crippen LogP contribution is -2.02. The van der Waals surface area contributed by atoms with Crippen molar-refractivity contribution in [2.24, 2.45) is 0 Å². The van der Waals surface area contributed by atoms with Gasteiger partial charge in [-0.25, -0.2) is 0 Å². The summed E-state index contributed by atoms with van der Waals surface area (Å²) in [6.45, 7) is 4.26. The van der Waals surface area contributed by atoms with Crippen molar-refractivity contribution in [2.75, 3.05) is 0 Å². The van der Waals surface area contributed by atoms with Crippen LogP contribution in [0, 0.1) is 13.8 Å². The molecule has 0 saturated heterocycles. The van der Waals surface area contributed by atoms with Gasteiger partial charge in [-0.05, 0) is 65.9 Å². The first-order valence-corrected chi connectivity index (χ1v) is 15.1. The number of allylic oxidation sites excluding steroid dienone is 4. The quantitative estimate of drug-likeness (QED) is 0.199. The summed E-state index contributed by atoms with van der Waals surface area (Å²) in [5.41, 5.74) is 10.4. The third kappa shape index (κ3) is 5.62. The molecule has 1 aliphatic rings. The van der Waals surface area contributed by atoms with Gasteiger partial charge in [0.2, 0.25) is 0 Å². The van der Waals surface area contributed by atoms with E-state index in [-0.39, 0.29) is 7.43 Å². The molecule has 44 heavy (non-hydrogen) atoms. The SMILES string of the molecule is C.Cc1ccc(-c2cccc3ccccc23)cc1.Cc1ccc(C2C=CC(n3c4ccccc4c4ccccc43)=CC2)cc1. The van der Waals surface area contributed by atoms with Gasteiger partial charge in [-0.3, -0.25) is 0 Å². The van der Waals surface area contributed by atoms with E-state index >= 15 is 0 Å². The van der Waals surface area contributed by atoms with Crippen molar-refractivity contribution in [1.29, 1.82) is 0 Å². The predicted molar refractivity (Wildman–Crippen MR) is 192 cm³/mol. The first-order chi connectivity index (χ1) is 21.2. The van der Waals surface area contributed by atoms with Gasteiger partial charge in [-0.1, -0.05) is 158 Å². The van der Waals surface area contributed by atoms with Crippen LogP contribution in [0.4, 0.5) is 0 Å². The number of aromatic nitrogens is 1. The Labute approximate surface area is 261 Å². The maximum Gasteiger partial charge on any atom is 0.0540 e. The van der Waals surface area contributed by atoms with E-state index in [2.05, 4.69) is 176 Å². The van der Waals surface area contributed by atoms with Gasteiger partial charge in [0.05, 0.1) is 11.0 Å². The van der Waals surface area contributed by atoms with Crippen LogP contribution in [0.15, 0.2) is 158 Å². The first-order valence-electron chi connectivity index (χ1n) is 15.1.